The zero-order valence-electron chi connectivity index (χ0n) is 11.3. The van der Waals surface area contributed by atoms with Crippen molar-refractivity contribution in [1.82, 2.24) is 4.98 Å². The molecular weight excluding hydrogens is 258 g/mol. The molecule has 0 spiro atoms. The van der Waals surface area contributed by atoms with Crippen LogP contribution in [0.1, 0.15) is 30.8 Å². The third-order valence-electron chi connectivity index (χ3n) is 2.82. The number of aryl methyl sites for hydroxylation is 1. The number of hydrogen-bond acceptors (Lipinski definition) is 4. The minimum atomic E-state index is 0.0734. The number of hydrogen-bond donors (Lipinski definition) is 1. The maximum absolute atomic E-state index is 9.37. The van der Waals surface area contributed by atoms with Crippen LogP contribution < -0.4 is 4.74 Å². The van der Waals surface area contributed by atoms with E-state index < -0.39 is 0 Å². The Morgan fingerprint density at radius 1 is 1.21 bits per heavy atom. The van der Waals surface area contributed by atoms with Crippen LogP contribution in [0.3, 0.4) is 0 Å². The minimum Gasteiger partial charge on any atom is -0.494 e. The van der Waals surface area contributed by atoms with Gasteiger partial charge in [0.05, 0.1) is 23.8 Å². The average Bonchev–Trinajstić information content (AvgIpc) is 2.84. The molecule has 102 valence electrons. The highest BCUT2D eigenvalue weighted by Crippen LogP contribution is 2.30. The molecule has 1 heterocycles. The van der Waals surface area contributed by atoms with E-state index in [4.69, 9.17) is 4.74 Å². The SMILES string of the molecule is CCCc1nc(-c2ccc(OCC)cc2)sc1CO. The molecule has 0 aliphatic carbocycles. The van der Waals surface area contributed by atoms with E-state index in [0.29, 0.717) is 6.61 Å². The van der Waals surface area contributed by atoms with Gasteiger partial charge in [-0.2, -0.15) is 0 Å². The Bertz CT molecular complexity index is 519. The first-order valence-electron chi connectivity index (χ1n) is 6.61. The fourth-order valence-corrected chi connectivity index (χ4v) is 2.90. The summed E-state index contributed by atoms with van der Waals surface area (Å²) < 4.78 is 5.43. The zero-order valence-corrected chi connectivity index (χ0v) is 12.2. The fourth-order valence-electron chi connectivity index (χ4n) is 1.92. The van der Waals surface area contributed by atoms with Crippen molar-refractivity contribution in [2.24, 2.45) is 0 Å². The Balaban J connectivity index is 2.25. The zero-order chi connectivity index (χ0) is 13.7. The maximum Gasteiger partial charge on any atom is 0.123 e. The first kappa shape index (κ1) is 14.0. The van der Waals surface area contributed by atoms with E-state index >= 15 is 0 Å². The van der Waals surface area contributed by atoms with Crippen LogP contribution in [-0.2, 0) is 13.0 Å². The summed E-state index contributed by atoms with van der Waals surface area (Å²) in [5.41, 5.74) is 2.10. The molecule has 19 heavy (non-hydrogen) atoms. The van der Waals surface area contributed by atoms with Crippen molar-refractivity contribution in [1.29, 1.82) is 0 Å². The lowest BCUT2D eigenvalue weighted by atomic mass is 10.2. The summed E-state index contributed by atoms with van der Waals surface area (Å²) in [4.78, 5) is 5.61. The number of nitrogens with zero attached hydrogens (tertiary/aromatic N) is 1. The molecule has 0 saturated heterocycles. The van der Waals surface area contributed by atoms with Gasteiger partial charge in [-0.25, -0.2) is 4.98 Å². The molecule has 0 aliphatic rings. The molecule has 2 rings (SSSR count). The van der Waals surface area contributed by atoms with Crippen LogP contribution in [0.15, 0.2) is 24.3 Å². The number of aliphatic hydroxyl groups is 1. The molecule has 1 aromatic carbocycles. The van der Waals surface area contributed by atoms with Gasteiger partial charge in [0.2, 0.25) is 0 Å². The number of aliphatic hydroxyl groups excluding tert-OH is 1. The number of ether oxygens (including phenoxy) is 1. The second-order valence-electron chi connectivity index (χ2n) is 4.25. The Kier molecular flexibility index (Phi) is 4.93. The van der Waals surface area contributed by atoms with E-state index in [1.54, 1.807) is 11.3 Å². The number of thiazole rings is 1. The van der Waals surface area contributed by atoms with E-state index in [2.05, 4.69) is 11.9 Å². The Hall–Kier alpha value is -1.39. The number of benzene rings is 1. The van der Waals surface area contributed by atoms with Gasteiger partial charge in [0.1, 0.15) is 10.8 Å². The van der Waals surface area contributed by atoms with Gasteiger partial charge in [-0.3, -0.25) is 0 Å². The number of aromatic nitrogens is 1. The monoisotopic (exact) mass is 277 g/mol. The largest absolute Gasteiger partial charge is 0.494 e. The summed E-state index contributed by atoms with van der Waals surface area (Å²) in [6.45, 7) is 4.84. The molecule has 0 fully saturated rings. The van der Waals surface area contributed by atoms with Gasteiger partial charge in [-0.1, -0.05) is 13.3 Å². The Labute approximate surface area is 117 Å². The summed E-state index contributed by atoms with van der Waals surface area (Å²) in [5.74, 6) is 0.874. The second kappa shape index (κ2) is 6.68. The maximum atomic E-state index is 9.37. The van der Waals surface area contributed by atoms with Crippen molar-refractivity contribution in [3.8, 4) is 16.3 Å². The summed E-state index contributed by atoms with van der Waals surface area (Å²) in [7, 11) is 0. The topological polar surface area (TPSA) is 42.4 Å². The van der Waals surface area contributed by atoms with Crippen molar-refractivity contribution in [2.75, 3.05) is 6.61 Å². The third kappa shape index (κ3) is 3.33. The predicted molar refractivity (Wildman–Crippen MR) is 78.6 cm³/mol. The van der Waals surface area contributed by atoms with Gasteiger partial charge in [-0.15, -0.1) is 11.3 Å². The summed E-state index contributed by atoms with van der Waals surface area (Å²) in [6.07, 6.45) is 1.96. The predicted octanol–water partition coefficient (Wildman–Crippen LogP) is 3.65. The van der Waals surface area contributed by atoms with Gasteiger partial charge in [-0.05, 0) is 37.6 Å². The van der Waals surface area contributed by atoms with Crippen LogP contribution in [0.2, 0.25) is 0 Å². The highest BCUT2D eigenvalue weighted by Gasteiger charge is 2.11. The molecule has 2 aromatic rings. The first-order valence-corrected chi connectivity index (χ1v) is 7.42. The van der Waals surface area contributed by atoms with Gasteiger partial charge in [0.25, 0.3) is 0 Å². The number of rotatable bonds is 6. The fraction of sp³-hybridized carbons (Fsp3) is 0.400. The lowest BCUT2D eigenvalue weighted by Gasteiger charge is -2.02. The van der Waals surface area contributed by atoms with Crippen molar-refractivity contribution >= 4 is 11.3 Å². The molecule has 0 radical (unpaired) electrons. The smallest absolute Gasteiger partial charge is 0.123 e. The van der Waals surface area contributed by atoms with Crippen LogP contribution in [0.25, 0.3) is 10.6 Å². The molecule has 0 aliphatic heterocycles. The van der Waals surface area contributed by atoms with E-state index in [0.717, 1.165) is 39.7 Å². The lowest BCUT2D eigenvalue weighted by molar-refractivity contribution is 0.284. The molecule has 1 aromatic heterocycles. The van der Waals surface area contributed by atoms with Gasteiger partial charge >= 0.3 is 0 Å². The Morgan fingerprint density at radius 3 is 2.53 bits per heavy atom. The molecule has 0 unspecified atom stereocenters. The highest BCUT2D eigenvalue weighted by atomic mass is 32.1. The minimum absolute atomic E-state index is 0.0734. The molecule has 1 N–H and O–H groups in total. The molecule has 0 atom stereocenters. The molecule has 0 saturated carbocycles. The van der Waals surface area contributed by atoms with E-state index in [9.17, 15) is 5.11 Å². The normalized spacial score (nSPS) is 10.7. The summed E-state index contributed by atoms with van der Waals surface area (Å²) in [6, 6.07) is 7.94. The lowest BCUT2D eigenvalue weighted by Crippen LogP contribution is -1.91. The molecule has 3 nitrogen and oxygen atoms in total. The third-order valence-corrected chi connectivity index (χ3v) is 3.95. The van der Waals surface area contributed by atoms with Crippen molar-refractivity contribution < 1.29 is 9.84 Å². The van der Waals surface area contributed by atoms with E-state index in [1.165, 1.54) is 0 Å². The van der Waals surface area contributed by atoms with Gasteiger partial charge in [0.15, 0.2) is 0 Å². The molecular formula is C15H19NO2S. The van der Waals surface area contributed by atoms with Crippen LogP contribution in [0, 0.1) is 0 Å². The van der Waals surface area contributed by atoms with Crippen LogP contribution in [-0.4, -0.2) is 16.7 Å². The molecule has 0 amide bonds. The van der Waals surface area contributed by atoms with Gasteiger partial charge < -0.3 is 9.84 Å². The summed E-state index contributed by atoms with van der Waals surface area (Å²) in [5, 5.41) is 10.3. The van der Waals surface area contributed by atoms with Gasteiger partial charge in [0, 0.05) is 5.56 Å². The quantitative estimate of drug-likeness (QED) is 0.876. The van der Waals surface area contributed by atoms with Crippen molar-refractivity contribution in [2.45, 2.75) is 33.3 Å². The second-order valence-corrected chi connectivity index (χ2v) is 5.34. The molecule has 0 bridgehead atoms. The van der Waals surface area contributed by atoms with E-state index in [-0.39, 0.29) is 6.61 Å². The van der Waals surface area contributed by atoms with Crippen LogP contribution >= 0.6 is 11.3 Å². The van der Waals surface area contributed by atoms with E-state index in [1.807, 2.05) is 31.2 Å². The van der Waals surface area contributed by atoms with Crippen LogP contribution in [0.4, 0.5) is 0 Å². The average molecular weight is 277 g/mol. The first-order chi connectivity index (χ1) is 9.28. The standard InChI is InChI=1S/C15H19NO2S/c1-3-5-13-14(10-17)19-15(16-13)11-6-8-12(9-7-11)18-4-2/h6-9,17H,3-5,10H2,1-2H3. The van der Waals surface area contributed by atoms with Crippen molar-refractivity contribution in [3.05, 3.63) is 34.8 Å². The Morgan fingerprint density at radius 2 is 1.95 bits per heavy atom. The van der Waals surface area contributed by atoms with Crippen molar-refractivity contribution in [3.63, 3.8) is 0 Å². The molecule has 4 heteroatoms. The summed E-state index contributed by atoms with van der Waals surface area (Å²) >= 11 is 1.57. The van der Waals surface area contributed by atoms with Crippen LogP contribution in [0.5, 0.6) is 5.75 Å². The highest BCUT2D eigenvalue weighted by molar-refractivity contribution is 7.15.